The van der Waals surface area contributed by atoms with Gasteiger partial charge in [-0.05, 0) is 54.9 Å². The molecule has 8 nitrogen and oxygen atoms in total. The fourth-order valence-electron chi connectivity index (χ4n) is 3.83. The summed E-state index contributed by atoms with van der Waals surface area (Å²) in [6.45, 7) is 5.89. The van der Waals surface area contributed by atoms with Crippen molar-refractivity contribution in [1.29, 1.82) is 0 Å². The molecular formula is C24H23BrN2O6S. The minimum atomic E-state index is -0.808. The highest BCUT2D eigenvalue weighted by atomic mass is 79.9. The minimum Gasteiger partial charge on any atom is -0.493 e. The van der Waals surface area contributed by atoms with Crippen LogP contribution < -0.4 is 24.4 Å². The van der Waals surface area contributed by atoms with Gasteiger partial charge in [-0.25, -0.2) is 9.79 Å². The van der Waals surface area contributed by atoms with Crippen LogP contribution in [0.25, 0.3) is 6.08 Å². The van der Waals surface area contributed by atoms with Crippen LogP contribution in [0.4, 0.5) is 0 Å². The van der Waals surface area contributed by atoms with Gasteiger partial charge < -0.3 is 18.6 Å². The third-order valence-corrected chi connectivity index (χ3v) is 6.61. The standard InChI is InChI=1S/C24H23BrN2O6S/c1-5-31-21-15(8-7-9-16(21)30-4)20-19(23(29)32-6-2)13(3)26-24-27(20)22(28)17(34-24)12-14-10-11-18(25)33-14/h7-12,20H,5-6H2,1-4H3/b17-12+/t20-/m0/s1. The van der Waals surface area contributed by atoms with E-state index in [-0.39, 0.29) is 17.7 Å². The molecule has 0 fully saturated rings. The number of allylic oxidation sites excluding steroid dienone is 1. The Hall–Kier alpha value is -3.11. The lowest BCUT2D eigenvalue weighted by Gasteiger charge is -2.26. The Morgan fingerprint density at radius 2 is 2.06 bits per heavy atom. The molecule has 0 radical (unpaired) electrons. The molecule has 4 rings (SSSR count). The van der Waals surface area contributed by atoms with Crippen LogP contribution in [0.3, 0.4) is 0 Å². The Kier molecular flexibility index (Phi) is 7.08. The summed E-state index contributed by atoms with van der Waals surface area (Å²) in [4.78, 5) is 31.8. The molecule has 34 heavy (non-hydrogen) atoms. The summed E-state index contributed by atoms with van der Waals surface area (Å²) in [5, 5.41) is 0. The van der Waals surface area contributed by atoms with Crippen LogP contribution in [-0.4, -0.2) is 30.9 Å². The monoisotopic (exact) mass is 546 g/mol. The lowest BCUT2D eigenvalue weighted by molar-refractivity contribution is -0.139. The molecule has 0 N–H and O–H groups in total. The van der Waals surface area contributed by atoms with E-state index in [9.17, 15) is 9.59 Å². The fourth-order valence-corrected chi connectivity index (χ4v) is 5.17. The molecule has 0 saturated carbocycles. The van der Waals surface area contributed by atoms with Crippen LogP contribution in [0.2, 0.25) is 0 Å². The van der Waals surface area contributed by atoms with Crippen molar-refractivity contribution in [3.05, 3.63) is 77.3 Å². The summed E-state index contributed by atoms with van der Waals surface area (Å²) >= 11 is 4.49. The quantitative estimate of drug-likeness (QED) is 0.420. The second-order valence-electron chi connectivity index (χ2n) is 7.26. The van der Waals surface area contributed by atoms with E-state index < -0.39 is 12.0 Å². The maximum Gasteiger partial charge on any atom is 0.338 e. The molecule has 0 spiro atoms. The van der Waals surface area contributed by atoms with E-state index in [4.69, 9.17) is 18.6 Å². The Labute approximate surface area is 207 Å². The lowest BCUT2D eigenvalue weighted by atomic mass is 9.94. The van der Waals surface area contributed by atoms with Crippen molar-refractivity contribution in [2.24, 2.45) is 4.99 Å². The smallest absolute Gasteiger partial charge is 0.338 e. The van der Waals surface area contributed by atoms with Crippen molar-refractivity contribution in [1.82, 2.24) is 4.57 Å². The molecule has 3 heterocycles. The summed E-state index contributed by atoms with van der Waals surface area (Å²) in [6, 6.07) is 8.08. The molecule has 1 aliphatic heterocycles. The van der Waals surface area contributed by atoms with Gasteiger partial charge in [0.1, 0.15) is 11.8 Å². The molecule has 178 valence electrons. The van der Waals surface area contributed by atoms with Crippen molar-refractivity contribution < 1.29 is 23.4 Å². The molecule has 0 amide bonds. The van der Waals surface area contributed by atoms with Crippen LogP contribution in [0.15, 0.2) is 60.5 Å². The largest absolute Gasteiger partial charge is 0.493 e. The van der Waals surface area contributed by atoms with Gasteiger partial charge in [0.25, 0.3) is 5.56 Å². The SMILES string of the molecule is CCOC(=O)C1=C(C)N=c2s/c(=C/c3ccc(Br)o3)c(=O)n2[C@H]1c1cccc(OC)c1OCC. The molecule has 10 heteroatoms. The molecule has 0 saturated heterocycles. The number of ether oxygens (including phenoxy) is 3. The van der Waals surface area contributed by atoms with Crippen LogP contribution in [0.1, 0.15) is 38.1 Å². The molecule has 0 bridgehead atoms. The zero-order valence-electron chi connectivity index (χ0n) is 19.1. The van der Waals surface area contributed by atoms with Gasteiger partial charge in [-0.3, -0.25) is 9.36 Å². The Morgan fingerprint density at radius 1 is 1.26 bits per heavy atom. The van der Waals surface area contributed by atoms with E-state index in [2.05, 4.69) is 20.9 Å². The third-order valence-electron chi connectivity index (χ3n) is 5.20. The van der Waals surface area contributed by atoms with E-state index in [1.807, 2.05) is 13.0 Å². The van der Waals surface area contributed by atoms with Gasteiger partial charge in [-0.2, -0.15) is 0 Å². The summed E-state index contributed by atoms with van der Waals surface area (Å²) in [7, 11) is 1.54. The maximum atomic E-state index is 13.6. The molecule has 1 aliphatic rings. The topological polar surface area (TPSA) is 92.3 Å². The number of fused-ring (bicyclic) bond motifs is 1. The van der Waals surface area contributed by atoms with Gasteiger partial charge in [0, 0.05) is 11.6 Å². The normalized spacial score (nSPS) is 15.7. The first-order valence-electron chi connectivity index (χ1n) is 10.6. The van der Waals surface area contributed by atoms with E-state index in [0.29, 0.717) is 49.1 Å². The van der Waals surface area contributed by atoms with Crippen molar-refractivity contribution in [3.63, 3.8) is 0 Å². The molecule has 1 atom stereocenters. The number of methoxy groups -OCH3 is 1. The number of benzene rings is 1. The Bertz CT molecular complexity index is 1450. The highest BCUT2D eigenvalue weighted by molar-refractivity contribution is 9.10. The molecule has 3 aromatic rings. The molecule has 2 aromatic heterocycles. The summed E-state index contributed by atoms with van der Waals surface area (Å²) < 4.78 is 24.8. The van der Waals surface area contributed by atoms with E-state index in [1.54, 1.807) is 51.3 Å². The summed E-state index contributed by atoms with van der Waals surface area (Å²) in [5.74, 6) is 0.938. The number of nitrogens with zero attached hydrogens (tertiary/aromatic N) is 2. The van der Waals surface area contributed by atoms with Crippen LogP contribution in [-0.2, 0) is 9.53 Å². The van der Waals surface area contributed by atoms with Gasteiger partial charge in [-0.15, -0.1) is 0 Å². The number of thiazole rings is 1. The van der Waals surface area contributed by atoms with Crippen LogP contribution >= 0.6 is 27.3 Å². The van der Waals surface area contributed by atoms with Crippen LogP contribution in [0, 0.1) is 0 Å². The number of esters is 1. The van der Waals surface area contributed by atoms with Gasteiger partial charge in [0.2, 0.25) is 0 Å². The number of carbonyl (C=O) groups excluding carboxylic acids is 1. The minimum absolute atomic E-state index is 0.191. The molecule has 0 aliphatic carbocycles. The Balaban J connectivity index is 2.02. The molecular weight excluding hydrogens is 524 g/mol. The van der Waals surface area contributed by atoms with Crippen LogP contribution in [0.5, 0.6) is 11.5 Å². The number of carbonyl (C=O) groups is 1. The van der Waals surface area contributed by atoms with Gasteiger partial charge in [0.15, 0.2) is 21.0 Å². The van der Waals surface area contributed by atoms with Gasteiger partial charge in [-0.1, -0.05) is 23.5 Å². The zero-order chi connectivity index (χ0) is 24.4. The van der Waals surface area contributed by atoms with Crippen molar-refractivity contribution in [2.75, 3.05) is 20.3 Å². The van der Waals surface area contributed by atoms with Crippen molar-refractivity contribution in [2.45, 2.75) is 26.8 Å². The van der Waals surface area contributed by atoms with Crippen molar-refractivity contribution >= 4 is 39.3 Å². The van der Waals surface area contributed by atoms with E-state index in [1.165, 1.54) is 15.9 Å². The van der Waals surface area contributed by atoms with Crippen molar-refractivity contribution in [3.8, 4) is 11.5 Å². The Morgan fingerprint density at radius 3 is 2.71 bits per heavy atom. The number of aromatic nitrogens is 1. The highest BCUT2D eigenvalue weighted by Crippen LogP contribution is 2.40. The average molecular weight is 547 g/mol. The van der Waals surface area contributed by atoms with Gasteiger partial charge in [0.05, 0.1) is 36.1 Å². The number of rotatable bonds is 7. The maximum absolute atomic E-state index is 13.6. The van der Waals surface area contributed by atoms with E-state index in [0.717, 1.165) is 0 Å². The number of para-hydroxylation sites is 1. The number of halogens is 1. The highest BCUT2D eigenvalue weighted by Gasteiger charge is 2.35. The first-order chi connectivity index (χ1) is 16.4. The second kappa shape index (κ2) is 10.0. The van der Waals surface area contributed by atoms with Gasteiger partial charge >= 0.3 is 5.97 Å². The summed E-state index contributed by atoms with van der Waals surface area (Å²) in [5.41, 5.74) is 1.05. The molecule has 1 aromatic carbocycles. The molecule has 0 unspecified atom stereocenters. The lowest BCUT2D eigenvalue weighted by Crippen LogP contribution is -2.40. The first kappa shape index (κ1) is 24.0. The van der Waals surface area contributed by atoms with E-state index >= 15 is 0 Å². The average Bonchev–Trinajstić information content (AvgIpc) is 3.35. The number of furan rings is 1. The third kappa shape index (κ3) is 4.35. The number of hydrogen-bond acceptors (Lipinski definition) is 8. The fraction of sp³-hybridized carbons (Fsp3) is 0.292. The predicted molar refractivity (Wildman–Crippen MR) is 131 cm³/mol. The first-order valence-corrected chi connectivity index (χ1v) is 12.2. The second-order valence-corrected chi connectivity index (χ2v) is 9.05. The predicted octanol–water partition coefficient (Wildman–Crippen LogP) is 3.56. The summed E-state index contributed by atoms with van der Waals surface area (Å²) in [6.07, 6.45) is 1.66. The zero-order valence-corrected chi connectivity index (χ0v) is 21.5. The number of hydrogen-bond donors (Lipinski definition) is 0.